The van der Waals surface area contributed by atoms with Crippen LogP contribution in [0.15, 0.2) is 71.5 Å². The van der Waals surface area contributed by atoms with Gasteiger partial charge in [-0.05, 0) is 42.0 Å². The highest BCUT2D eigenvalue weighted by Crippen LogP contribution is 2.34. The van der Waals surface area contributed by atoms with Crippen molar-refractivity contribution in [2.24, 2.45) is 7.05 Å². The van der Waals surface area contributed by atoms with Crippen LogP contribution >= 0.6 is 0 Å². The molecule has 6 nitrogen and oxygen atoms in total. The van der Waals surface area contributed by atoms with Crippen LogP contribution in [-0.2, 0) is 19.8 Å². The number of hydrogen-bond acceptors (Lipinski definition) is 3. The van der Waals surface area contributed by atoms with Gasteiger partial charge in [0.1, 0.15) is 0 Å². The Bertz CT molecular complexity index is 1370. The molecule has 9 heteroatoms. The van der Waals surface area contributed by atoms with Gasteiger partial charge in [-0.1, -0.05) is 30.3 Å². The van der Waals surface area contributed by atoms with Crippen LogP contribution in [0.3, 0.4) is 0 Å². The number of anilines is 2. The van der Waals surface area contributed by atoms with Crippen LogP contribution in [-0.4, -0.2) is 15.0 Å². The molecule has 0 bridgehead atoms. The third kappa shape index (κ3) is 3.84. The van der Waals surface area contributed by atoms with Crippen molar-refractivity contribution in [3.8, 4) is 0 Å². The predicted octanol–water partition coefficient (Wildman–Crippen LogP) is 4.24. The lowest BCUT2D eigenvalue weighted by atomic mass is 10.1. The Morgan fingerprint density at radius 1 is 1.00 bits per heavy atom. The van der Waals surface area contributed by atoms with Gasteiger partial charge in [0.25, 0.3) is 5.91 Å². The van der Waals surface area contributed by atoms with Crippen molar-refractivity contribution in [3.63, 3.8) is 0 Å². The molecule has 0 saturated carbocycles. The summed E-state index contributed by atoms with van der Waals surface area (Å²) in [6, 6.07) is 17.1. The molecule has 0 saturated heterocycles. The summed E-state index contributed by atoms with van der Waals surface area (Å²) in [5, 5.41) is 2.72. The number of imidazole rings is 1. The maximum absolute atomic E-state index is 13.4. The molecule has 4 rings (SSSR count). The maximum Gasteiger partial charge on any atom is 0.418 e. The molecule has 0 radical (unpaired) electrons. The quantitative estimate of drug-likeness (QED) is 0.466. The molecule has 1 heterocycles. The smallest absolute Gasteiger partial charge is 0.397 e. The Morgan fingerprint density at radius 3 is 2.34 bits per heavy atom. The molecule has 3 aromatic carbocycles. The van der Waals surface area contributed by atoms with Gasteiger partial charge in [-0.2, -0.15) is 13.2 Å². The lowest BCUT2D eigenvalue weighted by Crippen LogP contribution is -2.23. The number of amides is 1. The van der Waals surface area contributed by atoms with E-state index in [0.29, 0.717) is 22.5 Å². The Balaban J connectivity index is 1.62. The highest BCUT2D eigenvalue weighted by Gasteiger charge is 2.34. The van der Waals surface area contributed by atoms with Gasteiger partial charge in [-0.25, -0.2) is 4.79 Å². The Hall–Kier alpha value is -4.01. The van der Waals surface area contributed by atoms with E-state index in [-0.39, 0.29) is 23.5 Å². The number of rotatable bonds is 4. The van der Waals surface area contributed by atoms with Gasteiger partial charge in [0.15, 0.2) is 0 Å². The van der Waals surface area contributed by atoms with E-state index in [1.165, 1.54) is 23.7 Å². The molecule has 32 heavy (non-hydrogen) atoms. The minimum absolute atomic E-state index is 0.0605. The average molecular weight is 440 g/mol. The second-order valence-corrected chi connectivity index (χ2v) is 7.34. The molecule has 0 fully saturated rings. The van der Waals surface area contributed by atoms with E-state index in [9.17, 15) is 22.8 Å². The second kappa shape index (κ2) is 7.92. The van der Waals surface area contributed by atoms with E-state index in [1.54, 1.807) is 48.5 Å². The van der Waals surface area contributed by atoms with E-state index in [2.05, 4.69) is 5.32 Å². The van der Waals surface area contributed by atoms with Crippen LogP contribution in [0.4, 0.5) is 24.5 Å². The molecule has 0 aliphatic carbocycles. The number of hydrogen-bond donors (Lipinski definition) is 2. The van der Waals surface area contributed by atoms with Gasteiger partial charge in [-0.15, -0.1) is 0 Å². The van der Waals surface area contributed by atoms with Crippen molar-refractivity contribution in [3.05, 3.63) is 93.9 Å². The lowest BCUT2D eigenvalue weighted by molar-refractivity contribution is -0.136. The molecular weight excluding hydrogens is 421 g/mol. The molecule has 1 amide bonds. The van der Waals surface area contributed by atoms with Crippen LogP contribution in [0.1, 0.15) is 21.5 Å². The number of carbonyl (C=O) groups excluding carboxylic acids is 1. The number of aromatic nitrogens is 2. The SMILES string of the molecule is Cn1c(=O)n(Cc2ccc(C(=O)Nc3ccccc3N)cc2)c2cccc(C(F)(F)F)c21. The zero-order chi connectivity index (χ0) is 23.0. The molecule has 0 spiro atoms. The summed E-state index contributed by atoms with van der Waals surface area (Å²) in [4.78, 5) is 25.1. The number of nitrogens with one attached hydrogen (secondary N) is 1. The molecule has 0 aliphatic rings. The Morgan fingerprint density at radius 2 is 1.69 bits per heavy atom. The maximum atomic E-state index is 13.4. The summed E-state index contributed by atoms with van der Waals surface area (Å²) in [7, 11) is 1.32. The van der Waals surface area contributed by atoms with Crippen molar-refractivity contribution in [1.82, 2.24) is 9.13 Å². The molecule has 3 N–H and O–H groups in total. The first-order chi connectivity index (χ1) is 15.2. The number of aryl methyl sites for hydroxylation is 1. The first kappa shape index (κ1) is 21.2. The van der Waals surface area contributed by atoms with Crippen LogP contribution in [0.25, 0.3) is 11.0 Å². The highest BCUT2D eigenvalue weighted by molar-refractivity contribution is 6.05. The fourth-order valence-electron chi connectivity index (χ4n) is 3.61. The molecule has 0 atom stereocenters. The number of nitrogens with two attached hydrogens (primary N) is 1. The van der Waals surface area contributed by atoms with Crippen LogP contribution in [0, 0.1) is 0 Å². The largest absolute Gasteiger partial charge is 0.418 e. The van der Waals surface area contributed by atoms with Gasteiger partial charge in [0, 0.05) is 12.6 Å². The minimum Gasteiger partial charge on any atom is -0.397 e. The number of benzene rings is 3. The zero-order valence-corrected chi connectivity index (χ0v) is 17.0. The number of fused-ring (bicyclic) bond motifs is 1. The second-order valence-electron chi connectivity index (χ2n) is 7.34. The fourth-order valence-corrected chi connectivity index (χ4v) is 3.61. The number of nitrogen functional groups attached to an aromatic ring is 1. The van der Waals surface area contributed by atoms with Crippen molar-refractivity contribution in [2.45, 2.75) is 12.7 Å². The summed E-state index contributed by atoms with van der Waals surface area (Å²) in [5.41, 5.74) is 6.40. The standard InChI is InChI=1S/C23H19F3N4O2/c1-29-20-16(23(24,25)26)5-4-8-19(20)30(22(29)32)13-14-9-11-15(12-10-14)21(31)28-18-7-3-2-6-17(18)27/h2-12H,13,27H2,1H3,(H,28,31). The molecule has 0 aliphatic heterocycles. The molecule has 4 aromatic rings. The van der Waals surface area contributed by atoms with Gasteiger partial charge in [-0.3, -0.25) is 13.9 Å². The minimum atomic E-state index is -4.58. The number of para-hydroxylation sites is 3. The third-order valence-corrected chi connectivity index (χ3v) is 5.23. The fraction of sp³-hybridized carbons (Fsp3) is 0.130. The number of carbonyl (C=O) groups is 1. The summed E-state index contributed by atoms with van der Waals surface area (Å²) < 4.78 is 42.5. The third-order valence-electron chi connectivity index (χ3n) is 5.23. The number of nitrogens with zero attached hydrogens (tertiary/aromatic N) is 2. The van der Waals surface area contributed by atoms with Gasteiger partial charge < -0.3 is 11.1 Å². The van der Waals surface area contributed by atoms with Gasteiger partial charge in [0.2, 0.25) is 0 Å². The molecular formula is C23H19F3N4O2. The van der Waals surface area contributed by atoms with E-state index >= 15 is 0 Å². The summed E-state index contributed by atoms with van der Waals surface area (Å²) >= 11 is 0. The summed E-state index contributed by atoms with van der Waals surface area (Å²) in [6.45, 7) is 0.0605. The predicted molar refractivity (Wildman–Crippen MR) is 117 cm³/mol. The van der Waals surface area contributed by atoms with Crippen molar-refractivity contribution in [1.29, 1.82) is 0 Å². The summed E-state index contributed by atoms with van der Waals surface area (Å²) in [5.74, 6) is -0.355. The van der Waals surface area contributed by atoms with Gasteiger partial charge >= 0.3 is 11.9 Å². The van der Waals surface area contributed by atoms with Gasteiger partial charge in [0.05, 0.1) is 34.5 Å². The van der Waals surface area contributed by atoms with Crippen LogP contribution in [0.5, 0.6) is 0 Å². The van der Waals surface area contributed by atoms with E-state index in [4.69, 9.17) is 5.73 Å². The monoisotopic (exact) mass is 440 g/mol. The molecule has 164 valence electrons. The van der Waals surface area contributed by atoms with Crippen molar-refractivity contribution < 1.29 is 18.0 Å². The van der Waals surface area contributed by atoms with Crippen LogP contribution in [0.2, 0.25) is 0 Å². The molecule has 1 aromatic heterocycles. The first-order valence-corrected chi connectivity index (χ1v) is 9.67. The zero-order valence-electron chi connectivity index (χ0n) is 17.0. The molecule has 0 unspecified atom stereocenters. The van der Waals surface area contributed by atoms with Crippen LogP contribution < -0.4 is 16.7 Å². The van der Waals surface area contributed by atoms with Crippen molar-refractivity contribution >= 4 is 28.3 Å². The van der Waals surface area contributed by atoms with E-state index in [0.717, 1.165) is 10.6 Å². The summed E-state index contributed by atoms with van der Waals surface area (Å²) in [6.07, 6.45) is -4.58. The number of alkyl halides is 3. The highest BCUT2D eigenvalue weighted by atomic mass is 19.4. The Kier molecular flexibility index (Phi) is 5.25. The normalized spacial score (nSPS) is 11.6. The first-order valence-electron chi connectivity index (χ1n) is 9.67. The number of halogens is 3. The van der Waals surface area contributed by atoms with E-state index in [1.807, 2.05) is 0 Å². The van der Waals surface area contributed by atoms with E-state index < -0.39 is 17.4 Å². The average Bonchev–Trinajstić information content (AvgIpc) is 3.00. The Labute approximate surface area is 180 Å². The topological polar surface area (TPSA) is 82.0 Å². The lowest BCUT2D eigenvalue weighted by Gasteiger charge is -2.10. The van der Waals surface area contributed by atoms with Crippen molar-refractivity contribution in [2.75, 3.05) is 11.1 Å².